The van der Waals surface area contributed by atoms with Gasteiger partial charge in [0.25, 0.3) is 5.91 Å². The zero-order chi connectivity index (χ0) is 22.3. The molecule has 0 unspecified atom stereocenters. The molecule has 1 heterocycles. The Morgan fingerprint density at radius 3 is 2.23 bits per heavy atom. The quantitative estimate of drug-likeness (QED) is 0.721. The van der Waals surface area contributed by atoms with Gasteiger partial charge in [-0.15, -0.1) is 0 Å². The molecule has 8 heteroatoms. The summed E-state index contributed by atoms with van der Waals surface area (Å²) in [6.07, 6.45) is 1.51. The smallest absolute Gasteiger partial charge is 0.444 e. The summed E-state index contributed by atoms with van der Waals surface area (Å²) in [6, 6.07) is 5.73. The molecule has 1 aromatic carbocycles. The van der Waals surface area contributed by atoms with Gasteiger partial charge >= 0.3 is 13.2 Å². The van der Waals surface area contributed by atoms with E-state index >= 15 is 0 Å². The van der Waals surface area contributed by atoms with Crippen LogP contribution in [-0.4, -0.2) is 42.0 Å². The lowest BCUT2D eigenvalue weighted by atomic mass is 9.77. The molecule has 1 aliphatic heterocycles. The van der Waals surface area contributed by atoms with E-state index in [2.05, 4.69) is 10.6 Å². The summed E-state index contributed by atoms with van der Waals surface area (Å²) >= 11 is 0. The van der Waals surface area contributed by atoms with Gasteiger partial charge in [-0.05, 0) is 84.5 Å². The first-order valence-electron chi connectivity index (χ1n) is 10.5. The summed E-state index contributed by atoms with van der Waals surface area (Å²) in [7, 11) is -0.594. The standard InChI is InChI=1S/C22H33BN2O5/c1-20(2,3)28-19(27)24-13-14-10-15(18(26)25-17-8-9-17)12-16(11-14)23-29-21(4,5)22(6,7)30-23/h10-12,17H,8-9,13H2,1-7H3,(H,24,27)(H,25,26). The Morgan fingerprint density at radius 1 is 1.10 bits per heavy atom. The van der Waals surface area contributed by atoms with Gasteiger partial charge in [-0.3, -0.25) is 4.79 Å². The van der Waals surface area contributed by atoms with Crippen LogP contribution in [0.25, 0.3) is 0 Å². The molecule has 1 saturated carbocycles. The molecule has 3 rings (SSSR count). The molecule has 0 bridgehead atoms. The number of nitrogens with one attached hydrogen (secondary N) is 2. The van der Waals surface area contributed by atoms with Crippen molar-refractivity contribution in [2.75, 3.05) is 0 Å². The van der Waals surface area contributed by atoms with Crippen molar-refractivity contribution >= 4 is 24.6 Å². The summed E-state index contributed by atoms with van der Waals surface area (Å²) in [4.78, 5) is 24.7. The number of hydrogen-bond acceptors (Lipinski definition) is 5. The normalized spacial score (nSPS) is 20.0. The van der Waals surface area contributed by atoms with E-state index in [1.165, 1.54) is 0 Å². The third kappa shape index (κ3) is 5.55. The Morgan fingerprint density at radius 2 is 1.70 bits per heavy atom. The van der Waals surface area contributed by atoms with Crippen molar-refractivity contribution in [3.05, 3.63) is 29.3 Å². The van der Waals surface area contributed by atoms with Crippen LogP contribution in [0.5, 0.6) is 0 Å². The van der Waals surface area contributed by atoms with E-state index < -0.39 is 30.0 Å². The first-order valence-corrected chi connectivity index (χ1v) is 10.5. The van der Waals surface area contributed by atoms with Gasteiger partial charge in [-0.1, -0.05) is 6.07 Å². The van der Waals surface area contributed by atoms with Gasteiger partial charge in [0.1, 0.15) is 5.60 Å². The lowest BCUT2D eigenvalue weighted by Crippen LogP contribution is -2.41. The van der Waals surface area contributed by atoms with Gasteiger partial charge in [0.05, 0.1) is 11.2 Å². The maximum Gasteiger partial charge on any atom is 0.494 e. The topological polar surface area (TPSA) is 85.9 Å². The summed E-state index contributed by atoms with van der Waals surface area (Å²) in [5, 5.41) is 5.76. The van der Waals surface area contributed by atoms with E-state index in [0.29, 0.717) is 5.56 Å². The average Bonchev–Trinajstić information content (AvgIpc) is 3.37. The number of carbonyl (C=O) groups excluding carboxylic acids is 2. The molecule has 7 nitrogen and oxygen atoms in total. The first kappa shape index (κ1) is 22.6. The highest BCUT2D eigenvalue weighted by Crippen LogP contribution is 2.36. The highest BCUT2D eigenvalue weighted by Gasteiger charge is 2.51. The zero-order valence-electron chi connectivity index (χ0n) is 19.0. The molecule has 1 aromatic rings. The highest BCUT2D eigenvalue weighted by atomic mass is 16.7. The molecule has 0 atom stereocenters. The third-order valence-electron chi connectivity index (χ3n) is 5.55. The van der Waals surface area contributed by atoms with Gasteiger partial charge < -0.3 is 24.7 Å². The zero-order valence-corrected chi connectivity index (χ0v) is 19.0. The number of amides is 2. The predicted octanol–water partition coefficient (Wildman–Crippen LogP) is 2.90. The van der Waals surface area contributed by atoms with Crippen LogP contribution in [0.15, 0.2) is 18.2 Å². The number of ether oxygens (including phenoxy) is 1. The van der Waals surface area contributed by atoms with E-state index in [1.807, 2.05) is 54.5 Å². The maximum absolute atomic E-state index is 12.7. The van der Waals surface area contributed by atoms with Gasteiger partial charge in [0, 0.05) is 18.2 Å². The second kappa shape index (κ2) is 7.89. The fourth-order valence-corrected chi connectivity index (χ4v) is 3.05. The minimum absolute atomic E-state index is 0.130. The number of hydrogen-bond donors (Lipinski definition) is 2. The number of alkyl carbamates (subject to hydrolysis) is 1. The fourth-order valence-electron chi connectivity index (χ4n) is 3.05. The van der Waals surface area contributed by atoms with E-state index in [1.54, 1.807) is 12.1 Å². The summed E-state index contributed by atoms with van der Waals surface area (Å²) in [5.41, 5.74) is 0.490. The van der Waals surface area contributed by atoms with E-state index in [-0.39, 0.29) is 18.5 Å². The van der Waals surface area contributed by atoms with Crippen molar-refractivity contribution in [1.29, 1.82) is 0 Å². The van der Waals surface area contributed by atoms with Crippen LogP contribution in [0.4, 0.5) is 4.79 Å². The average molecular weight is 416 g/mol. The maximum atomic E-state index is 12.7. The summed E-state index contributed by atoms with van der Waals surface area (Å²) in [6.45, 7) is 13.6. The monoisotopic (exact) mass is 416 g/mol. The second-order valence-electron chi connectivity index (χ2n) is 10.2. The third-order valence-corrected chi connectivity index (χ3v) is 5.55. The van der Waals surface area contributed by atoms with Crippen molar-refractivity contribution in [3.8, 4) is 0 Å². The van der Waals surface area contributed by atoms with Crippen LogP contribution in [0.3, 0.4) is 0 Å². The van der Waals surface area contributed by atoms with Gasteiger partial charge in [0.2, 0.25) is 0 Å². The molecule has 2 amide bonds. The Bertz CT molecular complexity index is 811. The van der Waals surface area contributed by atoms with Crippen molar-refractivity contribution in [1.82, 2.24) is 10.6 Å². The van der Waals surface area contributed by atoms with Gasteiger partial charge in [-0.2, -0.15) is 0 Å². The van der Waals surface area contributed by atoms with Crippen LogP contribution in [0.1, 0.15) is 77.2 Å². The molecule has 1 aliphatic carbocycles. The molecule has 1 saturated heterocycles. The van der Waals surface area contributed by atoms with Crippen molar-refractivity contribution in [3.63, 3.8) is 0 Å². The molecule has 164 valence electrons. The van der Waals surface area contributed by atoms with Crippen molar-refractivity contribution in [2.45, 2.75) is 90.7 Å². The van der Waals surface area contributed by atoms with Gasteiger partial charge in [-0.25, -0.2) is 4.79 Å². The first-order chi connectivity index (χ1) is 13.8. The molecule has 2 fully saturated rings. The van der Waals surface area contributed by atoms with Crippen molar-refractivity contribution in [2.24, 2.45) is 0 Å². The van der Waals surface area contributed by atoms with E-state index in [0.717, 1.165) is 23.9 Å². The molecular weight excluding hydrogens is 383 g/mol. The molecule has 30 heavy (non-hydrogen) atoms. The number of rotatable bonds is 5. The SMILES string of the molecule is CC(C)(C)OC(=O)NCc1cc(B2OC(C)(C)C(C)(C)O2)cc(C(=O)NC2CC2)c1. The minimum Gasteiger partial charge on any atom is -0.444 e. The summed E-state index contributed by atoms with van der Waals surface area (Å²) < 4.78 is 17.6. The number of carbonyl (C=O) groups is 2. The second-order valence-corrected chi connectivity index (χ2v) is 10.2. The Hall–Kier alpha value is -2.06. The van der Waals surface area contributed by atoms with Crippen LogP contribution in [0, 0.1) is 0 Å². The number of benzene rings is 1. The predicted molar refractivity (Wildman–Crippen MR) is 116 cm³/mol. The van der Waals surface area contributed by atoms with Gasteiger partial charge in [0.15, 0.2) is 0 Å². The lowest BCUT2D eigenvalue weighted by molar-refractivity contribution is 0.00578. The highest BCUT2D eigenvalue weighted by molar-refractivity contribution is 6.62. The van der Waals surface area contributed by atoms with Crippen LogP contribution >= 0.6 is 0 Å². The molecule has 0 radical (unpaired) electrons. The van der Waals surface area contributed by atoms with Crippen LogP contribution in [0.2, 0.25) is 0 Å². The minimum atomic E-state index is -0.594. The van der Waals surface area contributed by atoms with Crippen LogP contribution < -0.4 is 16.1 Å². The molecule has 2 N–H and O–H groups in total. The largest absolute Gasteiger partial charge is 0.494 e. The molecule has 2 aliphatic rings. The molecular formula is C22H33BN2O5. The Balaban J connectivity index is 1.82. The van der Waals surface area contributed by atoms with E-state index in [9.17, 15) is 9.59 Å². The Labute approximate surface area is 179 Å². The summed E-state index contributed by atoms with van der Waals surface area (Å²) in [5.74, 6) is -0.130. The van der Waals surface area contributed by atoms with E-state index in [4.69, 9.17) is 14.0 Å². The van der Waals surface area contributed by atoms with Crippen molar-refractivity contribution < 1.29 is 23.6 Å². The van der Waals surface area contributed by atoms with Crippen LogP contribution in [-0.2, 0) is 20.6 Å². The molecule has 0 spiro atoms. The Kier molecular flexibility index (Phi) is 5.95. The fraction of sp³-hybridized carbons (Fsp3) is 0.636. The lowest BCUT2D eigenvalue weighted by Gasteiger charge is -2.32. The molecule has 0 aromatic heterocycles.